The fourth-order valence-corrected chi connectivity index (χ4v) is 1.96. The van der Waals surface area contributed by atoms with Gasteiger partial charge in [-0.1, -0.05) is 36.1 Å². The summed E-state index contributed by atoms with van der Waals surface area (Å²) < 4.78 is 0. The van der Waals surface area contributed by atoms with Gasteiger partial charge in [-0.3, -0.25) is 9.59 Å². The van der Waals surface area contributed by atoms with Gasteiger partial charge in [0.1, 0.15) is 6.04 Å². The first-order valence-electron chi connectivity index (χ1n) is 7.29. The van der Waals surface area contributed by atoms with Gasteiger partial charge < -0.3 is 10.6 Å². The van der Waals surface area contributed by atoms with E-state index in [0.717, 1.165) is 11.1 Å². The molecule has 1 unspecified atom stereocenters. The molecule has 0 saturated carbocycles. The fourth-order valence-electron chi connectivity index (χ4n) is 1.96. The van der Waals surface area contributed by atoms with E-state index >= 15 is 0 Å². The second-order valence-corrected chi connectivity index (χ2v) is 5.11. The van der Waals surface area contributed by atoms with Gasteiger partial charge >= 0.3 is 0 Å². The normalized spacial score (nSPS) is 10.9. The number of benzene rings is 2. The van der Waals surface area contributed by atoms with Crippen LogP contribution < -0.4 is 10.6 Å². The highest BCUT2D eigenvalue weighted by molar-refractivity contribution is 5.96. The van der Waals surface area contributed by atoms with Crippen molar-refractivity contribution in [3.8, 4) is 11.8 Å². The van der Waals surface area contributed by atoms with Crippen molar-refractivity contribution in [2.75, 3.05) is 5.32 Å². The number of amides is 2. The lowest BCUT2D eigenvalue weighted by Gasteiger charge is -2.12. The van der Waals surface area contributed by atoms with Crippen molar-refractivity contribution >= 4 is 17.5 Å². The third kappa shape index (κ3) is 5.33. The van der Waals surface area contributed by atoms with E-state index in [9.17, 15) is 9.59 Å². The van der Waals surface area contributed by atoms with Crippen molar-refractivity contribution < 1.29 is 9.59 Å². The van der Waals surface area contributed by atoms with Gasteiger partial charge in [-0.25, -0.2) is 0 Å². The summed E-state index contributed by atoms with van der Waals surface area (Å²) in [5, 5.41) is 5.31. The lowest BCUT2D eigenvalue weighted by Crippen LogP contribution is -2.40. The Kier molecular flexibility index (Phi) is 5.54. The number of hydrogen-bond donors (Lipinski definition) is 2. The molecule has 4 heteroatoms. The molecule has 0 saturated heterocycles. The van der Waals surface area contributed by atoms with Crippen molar-refractivity contribution in [2.24, 2.45) is 0 Å². The number of anilines is 1. The molecule has 0 radical (unpaired) electrons. The fraction of sp³-hybridized carbons (Fsp3) is 0.158. The lowest BCUT2D eigenvalue weighted by atomic mass is 10.1. The minimum absolute atomic E-state index is 0.241. The average Bonchev–Trinajstić information content (AvgIpc) is 2.53. The predicted octanol–water partition coefficient (Wildman–Crippen LogP) is 2.55. The minimum atomic E-state index is -0.591. The second kappa shape index (κ2) is 7.81. The van der Waals surface area contributed by atoms with E-state index in [1.165, 1.54) is 6.92 Å². The third-order valence-electron chi connectivity index (χ3n) is 3.07. The van der Waals surface area contributed by atoms with Crippen LogP contribution in [0.1, 0.15) is 25.0 Å². The molecule has 0 aromatic heterocycles. The van der Waals surface area contributed by atoms with Crippen LogP contribution in [0.25, 0.3) is 0 Å². The summed E-state index contributed by atoms with van der Waals surface area (Å²) in [6.45, 7) is 3.01. The highest BCUT2D eigenvalue weighted by atomic mass is 16.2. The summed E-state index contributed by atoms with van der Waals surface area (Å²) in [5.74, 6) is 5.62. The first kappa shape index (κ1) is 16.3. The number of nitrogens with one attached hydrogen (secondary N) is 2. The maximum atomic E-state index is 12.0. The predicted molar refractivity (Wildman–Crippen MR) is 90.8 cm³/mol. The summed E-state index contributed by atoms with van der Waals surface area (Å²) >= 11 is 0. The van der Waals surface area contributed by atoms with Crippen molar-refractivity contribution in [3.05, 3.63) is 65.7 Å². The molecule has 2 aromatic rings. The maximum absolute atomic E-state index is 12.0. The minimum Gasteiger partial charge on any atom is -0.345 e. The highest BCUT2D eigenvalue weighted by Gasteiger charge is 2.13. The molecule has 0 fully saturated rings. The van der Waals surface area contributed by atoms with Crippen LogP contribution in [-0.4, -0.2) is 17.9 Å². The number of carbonyl (C=O) groups excluding carboxylic acids is 2. The number of hydrogen-bond acceptors (Lipinski definition) is 2. The molecule has 23 heavy (non-hydrogen) atoms. The van der Waals surface area contributed by atoms with Gasteiger partial charge in [-0.2, -0.15) is 0 Å². The molecule has 0 aliphatic rings. The first-order valence-corrected chi connectivity index (χ1v) is 7.29. The van der Waals surface area contributed by atoms with E-state index < -0.39 is 6.04 Å². The summed E-state index contributed by atoms with van der Waals surface area (Å²) in [7, 11) is 0. The van der Waals surface area contributed by atoms with Gasteiger partial charge in [-0.15, -0.1) is 0 Å². The molecule has 2 rings (SSSR count). The maximum Gasteiger partial charge on any atom is 0.246 e. The van der Waals surface area contributed by atoms with E-state index in [4.69, 9.17) is 0 Å². The van der Waals surface area contributed by atoms with E-state index in [1.54, 1.807) is 19.1 Å². The van der Waals surface area contributed by atoms with Crippen LogP contribution in [0.15, 0.2) is 54.6 Å². The lowest BCUT2D eigenvalue weighted by molar-refractivity contribution is -0.124. The van der Waals surface area contributed by atoms with Crippen molar-refractivity contribution in [1.29, 1.82) is 0 Å². The largest absolute Gasteiger partial charge is 0.345 e. The number of rotatable bonds is 3. The zero-order valence-electron chi connectivity index (χ0n) is 13.1. The highest BCUT2D eigenvalue weighted by Crippen LogP contribution is 2.10. The van der Waals surface area contributed by atoms with Crippen LogP contribution in [0, 0.1) is 11.8 Å². The van der Waals surface area contributed by atoms with Crippen LogP contribution in [0.3, 0.4) is 0 Å². The summed E-state index contributed by atoms with van der Waals surface area (Å²) in [4.78, 5) is 23.0. The molecule has 4 nitrogen and oxygen atoms in total. The van der Waals surface area contributed by atoms with Crippen LogP contribution in [0.2, 0.25) is 0 Å². The molecule has 0 heterocycles. The Balaban J connectivity index is 2.07. The van der Waals surface area contributed by atoms with Crippen molar-refractivity contribution in [3.63, 3.8) is 0 Å². The van der Waals surface area contributed by atoms with E-state index in [-0.39, 0.29) is 11.8 Å². The van der Waals surface area contributed by atoms with Crippen LogP contribution in [0.5, 0.6) is 0 Å². The third-order valence-corrected chi connectivity index (χ3v) is 3.07. The number of carbonyl (C=O) groups is 2. The van der Waals surface area contributed by atoms with Crippen LogP contribution >= 0.6 is 0 Å². The summed E-state index contributed by atoms with van der Waals surface area (Å²) in [6, 6.07) is 16.4. The van der Waals surface area contributed by atoms with Gasteiger partial charge in [0.05, 0.1) is 0 Å². The van der Waals surface area contributed by atoms with Crippen molar-refractivity contribution in [1.82, 2.24) is 5.32 Å². The SMILES string of the molecule is CC(=O)NC(C)C(=O)Nc1cccc(C#Cc2ccccc2)c1. The molecular formula is C19H18N2O2. The van der Waals surface area contributed by atoms with Crippen LogP contribution in [-0.2, 0) is 9.59 Å². The molecule has 1 atom stereocenters. The van der Waals surface area contributed by atoms with Gasteiger partial charge in [0.2, 0.25) is 11.8 Å². The van der Waals surface area contributed by atoms with Crippen LogP contribution in [0.4, 0.5) is 5.69 Å². The quantitative estimate of drug-likeness (QED) is 0.856. The van der Waals surface area contributed by atoms with Gasteiger partial charge in [0, 0.05) is 23.7 Å². The standard InChI is InChI=1S/C19H18N2O2/c1-14(20-15(2)22)19(23)21-18-10-6-9-17(13-18)12-11-16-7-4-3-5-8-16/h3-10,13-14H,1-2H3,(H,20,22)(H,21,23). The van der Waals surface area contributed by atoms with Gasteiger partial charge in [0.15, 0.2) is 0 Å². The monoisotopic (exact) mass is 306 g/mol. The Bertz CT molecular complexity index is 758. The molecule has 0 aliphatic heterocycles. The molecule has 2 aromatic carbocycles. The zero-order valence-corrected chi connectivity index (χ0v) is 13.1. The molecule has 2 amide bonds. The van der Waals surface area contributed by atoms with Gasteiger partial charge in [-0.05, 0) is 37.3 Å². The Labute approximate surface area is 135 Å². The van der Waals surface area contributed by atoms with E-state index in [2.05, 4.69) is 22.5 Å². The molecule has 2 N–H and O–H groups in total. The van der Waals surface area contributed by atoms with E-state index in [0.29, 0.717) is 5.69 Å². The molecule has 0 spiro atoms. The second-order valence-electron chi connectivity index (χ2n) is 5.11. The zero-order chi connectivity index (χ0) is 16.7. The van der Waals surface area contributed by atoms with Crippen molar-refractivity contribution in [2.45, 2.75) is 19.9 Å². The topological polar surface area (TPSA) is 58.2 Å². The summed E-state index contributed by atoms with van der Waals surface area (Å²) in [5.41, 5.74) is 2.38. The Morgan fingerprint density at radius 1 is 0.957 bits per heavy atom. The smallest absolute Gasteiger partial charge is 0.246 e. The average molecular weight is 306 g/mol. The molecule has 0 bridgehead atoms. The molecular weight excluding hydrogens is 288 g/mol. The Morgan fingerprint density at radius 3 is 2.30 bits per heavy atom. The van der Waals surface area contributed by atoms with Gasteiger partial charge in [0.25, 0.3) is 0 Å². The molecule has 0 aliphatic carbocycles. The summed E-state index contributed by atoms with van der Waals surface area (Å²) in [6.07, 6.45) is 0. The van der Waals surface area contributed by atoms with E-state index in [1.807, 2.05) is 42.5 Å². The Morgan fingerprint density at radius 2 is 1.61 bits per heavy atom. The Hall–Kier alpha value is -3.06. The first-order chi connectivity index (χ1) is 11.0. The molecule has 116 valence electrons.